The second-order valence-electron chi connectivity index (χ2n) is 4.93. The first-order chi connectivity index (χ1) is 10.6. The molecule has 0 N–H and O–H groups in total. The van der Waals surface area contributed by atoms with Crippen LogP contribution in [0.1, 0.15) is 5.69 Å². The molecule has 0 saturated heterocycles. The van der Waals surface area contributed by atoms with E-state index >= 15 is 0 Å². The molecule has 0 bridgehead atoms. The monoisotopic (exact) mass is 311 g/mol. The molecule has 0 fully saturated rings. The lowest BCUT2D eigenvalue weighted by Crippen LogP contribution is -2.21. The topological polar surface area (TPSA) is 65.1 Å². The quantitative estimate of drug-likeness (QED) is 0.541. The molecule has 0 unspecified atom stereocenters. The van der Waals surface area contributed by atoms with Gasteiger partial charge in [0.15, 0.2) is 0 Å². The number of nitrogens with zero attached hydrogens (tertiary/aromatic N) is 5. The molecular formula is C15H10ClN5O. The number of hydrogen-bond acceptors (Lipinski definition) is 4. The number of hydrogen-bond donors (Lipinski definition) is 0. The predicted molar refractivity (Wildman–Crippen MR) is 83.6 cm³/mol. The summed E-state index contributed by atoms with van der Waals surface area (Å²) in [6.45, 7) is 1.87. The van der Waals surface area contributed by atoms with E-state index in [2.05, 4.69) is 15.1 Å². The van der Waals surface area contributed by atoms with Crippen LogP contribution < -0.4 is 5.56 Å². The molecule has 0 aliphatic carbocycles. The fourth-order valence-electron chi connectivity index (χ4n) is 2.55. The molecule has 1 aromatic carbocycles. The molecule has 22 heavy (non-hydrogen) atoms. The molecule has 0 aliphatic rings. The molecule has 4 rings (SSSR count). The summed E-state index contributed by atoms with van der Waals surface area (Å²) in [5.41, 5.74) is 2.09. The van der Waals surface area contributed by atoms with Gasteiger partial charge in [-0.05, 0) is 37.3 Å². The second kappa shape index (κ2) is 4.64. The number of fused-ring (bicyclic) bond motifs is 3. The Morgan fingerprint density at radius 3 is 2.68 bits per heavy atom. The largest absolute Gasteiger partial charge is 0.281 e. The standard InChI is InChI=1S/C15H10ClN5O/c1-9-6-13-12(7-17-15-18-8-19-21(13)15)14(22)20(9)11-4-2-10(16)3-5-11/h2-8H,1H3. The highest BCUT2D eigenvalue weighted by Gasteiger charge is 2.12. The maximum absolute atomic E-state index is 12.8. The van der Waals surface area contributed by atoms with Gasteiger partial charge in [0.25, 0.3) is 11.3 Å². The lowest BCUT2D eigenvalue weighted by Gasteiger charge is -2.12. The number of rotatable bonds is 1. The Morgan fingerprint density at radius 1 is 1.14 bits per heavy atom. The van der Waals surface area contributed by atoms with Gasteiger partial charge in [-0.2, -0.15) is 14.6 Å². The average molecular weight is 312 g/mol. The van der Waals surface area contributed by atoms with E-state index in [0.29, 0.717) is 21.7 Å². The summed E-state index contributed by atoms with van der Waals surface area (Å²) in [6, 6.07) is 9.03. The minimum absolute atomic E-state index is 0.151. The minimum atomic E-state index is -0.151. The molecule has 3 aromatic heterocycles. The third-order valence-electron chi connectivity index (χ3n) is 3.56. The van der Waals surface area contributed by atoms with Crippen LogP contribution in [0.25, 0.3) is 22.4 Å². The van der Waals surface area contributed by atoms with E-state index in [1.54, 1.807) is 21.2 Å². The first kappa shape index (κ1) is 13.0. The highest BCUT2D eigenvalue weighted by Crippen LogP contribution is 2.17. The van der Waals surface area contributed by atoms with Gasteiger partial charge in [0.2, 0.25) is 0 Å². The van der Waals surface area contributed by atoms with Gasteiger partial charge in [-0.25, -0.2) is 4.98 Å². The highest BCUT2D eigenvalue weighted by molar-refractivity contribution is 6.30. The molecule has 7 heteroatoms. The Balaban J connectivity index is 2.10. The van der Waals surface area contributed by atoms with Crippen LogP contribution in [0.4, 0.5) is 0 Å². The summed E-state index contributed by atoms with van der Waals surface area (Å²) in [4.78, 5) is 21.0. The molecule has 4 aromatic rings. The smallest absolute Gasteiger partial charge is 0.266 e. The Labute approximate surface area is 129 Å². The van der Waals surface area contributed by atoms with Crippen LogP contribution in [0, 0.1) is 6.92 Å². The molecule has 0 amide bonds. The van der Waals surface area contributed by atoms with Crippen LogP contribution in [0.2, 0.25) is 5.02 Å². The van der Waals surface area contributed by atoms with Gasteiger partial charge in [-0.15, -0.1) is 0 Å². The van der Waals surface area contributed by atoms with Crippen LogP contribution in [0.5, 0.6) is 0 Å². The van der Waals surface area contributed by atoms with Crippen molar-refractivity contribution < 1.29 is 0 Å². The fraction of sp³-hybridized carbons (Fsp3) is 0.0667. The predicted octanol–water partition coefficient (Wildman–Crippen LogP) is 2.39. The minimum Gasteiger partial charge on any atom is -0.281 e. The van der Waals surface area contributed by atoms with Crippen LogP contribution >= 0.6 is 11.6 Å². The SMILES string of the molecule is Cc1cc2c(cnc3ncnn32)c(=O)n1-c1ccc(Cl)cc1. The maximum Gasteiger partial charge on any atom is 0.266 e. The van der Waals surface area contributed by atoms with Gasteiger partial charge < -0.3 is 0 Å². The Hall–Kier alpha value is -2.73. The Morgan fingerprint density at radius 2 is 1.91 bits per heavy atom. The lowest BCUT2D eigenvalue weighted by atomic mass is 10.2. The van der Waals surface area contributed by atoms with Crippen molar-refractivity contribution in [1.82, 2.24) is 24.1 Å². The third-order valence-corrected chi connectivity index (χ3v) is 3.81. The molecule has 6 nitrogen and oxygen atoms in total. The first-order valence-corrected chi connectivity index (χ1v) is 7.00. The normalized spacial score (nSPS) is 11.4. The molecule has 0 aliphatic heterocycles. The van der Waals surface area contributed by atoms with E-state index in [4.69, 9.17) is 11.6 Å². The Kier molecular flexibility index (Phi) is 2.74. The maximum atomic E-state index is 12.8. The van der Waals surface area contributed by atoms with E-state index in [0.717, 1.165) is 11.4 Å². The second-order valence-corrected chi connectivity index (χ2v) is 5.37. The average Bonchev–Trinajstić information content (AvgIpc) is 2.98. The van der Waals surface area contributed by atoms with Crippen LogP contribution in [-0.4, -0.2) is 24.1 Å². The summed E-state index contributed by atoms with van der Waals surface area (Å²) in [5, 5.41) is 5.23. The first-order valence-electron chi connectivity index (χ1n) is 6.62. The lowest BCUT2D eigenvalue weighted by molar-refractivity contribution is 0.926. The third kappa shape index (κ3) is 1.81. The van der Waals surface area contributed by atoms with Gasteiger partial charge in [-0.1, -0.05) is 11.6 Å². The fourth-order valence-corrected chi connectivity index (χ4v) is 2.68. The van der Waals surface area contributed by atoms with Gasteiger partial charge >= 0.3 is 0 Å². The van der Waals surface area contributed by atoms with Crippen molar-refractivity contribution in [1.29, 1.82) is 0 Å². The van der Waals surface area contributed by atoms with E-state index in [-0.39, 0.29) is 5.56 Å². The zero-order valence-corrected chi connectivity index (χ0v) is 12.3. The summed E-state index contributed by atoms with van der Waals surface area (Å²) in [6.07, 6.45) is 2.95. The van der Waals surface area contributed by atoms with Gasteiger partial charge in [-0.3, -0.25) is 9.36 Å². The summed E-state index contributed by atoms with van der Waals surface area (Å²) in [7, 11) is 0. The van der Waals surface area contributed by atoms with Crippen molar-refractivity contribution in [3.63, 3.8) is 0 Å². The van der Waals surface area contributed by atoms with E-state index < -0.39 is 0 Å². The highest BCUT2D eigenvalue weighted by atomic mass is 35.5. The van der Waals surface area contributed by atoms with Crippen LogP contribution in [0.15, 0.2) is 47.7 Å². The number of pyridine rings is 1. The summed E-state index contributed by atoms with van der Waals surface area (Å²) < 4.78 is 3.19. The summed E-state index contributed by atoms with van der Waals surface area (Å²) >= 11 is 5.91. The number of aryl methyl sites for hydroxylation is 1. The molecule has 0 saturated carbocycles. The van der Waals surface area contributed by atoms with Crippen molar-refractivity contribution in [3.8, 4) is 5.69 Å². The van der Waals surface area contributed by atoms with Crippen LogP contribution in [0.3, 0.4) is 0 Å². The van der Waals surface area contributed by atoms with Gasteiger partial charge in [0, 0.05) is 22.6 Å². The van der Waals surface area contributed by atoms with E-state index in [9.17, 15) is 4.79 Å². The molecule has 3 heterocycles. The van der Waals surface area contributed by atoms with Gasteiger partial charge in [0.1, 0.15) is 6.33 Å². The van der Waals surface area contributed by atoms with E-state index in [1.807, 2.05) is 25.1 Å². The molecule has 108 valence electrons. The van der Waals surface area contributed by atoms with Crippen molar-refractivity contribution in [2.75, 3.05) is 0 Å². The molecule has 0 spiro atoms. The van der Waals surface area contributed by atoms with Crippen molar-refractivity contribution in [2.24, 2.45) is 0 Å². The van der Waals surface area contributed by atoms with E-state index in [1.165, 1.54) is 12.5 Å². The summed E-state index contributed by atoms with van der Waals surface area (Å²) in [5.74, 6) is 0.468. The molecule has 0 radical (unpaired) electrons. The Bertz CT molecular complexity index is 1070. The van der Waals surface area contributed by atoms with Crippen molar-refractivity contribution in [2.45, 2.75) is 6.92 Å². The van der Waals surface area contributed by atoms with Gasteiger partial charge in [0.05, 0.1) is 10.9 Å². The zero-order valence-electron chi connectivity index (χ0n) is 11.6. The number of halogens is 1. The number of aromatic nitrogens is 5. The number of benzene rings is 1. The van der Waals surface area contributed by atoms with Crippen LogP contribution in [-0.2, 0) is 0 Å². The zero-order chi connectivity index (χ0) is 15.3. The van der Waals surface area contributed by atoms with Crippen molar-refractivity contribution in [3.05, 3.63) is 63.9 Å². The molecule has 0 atom stereocenters. The molecular weight excluding hydrogens is 302 g/mol. The van der Waals surface area contributed by atoms with Crippen molar-refractivity contribution >= 4 is 28.3 Å².